The van der Waals surface area contributed by atoms with Gasteiger partial charge in [0.05, 0.1) is 0 Å². The normalized spacial score (nSPS) is 12.6. The molecule has 14 rings (SSSR count). The maximum Gasteiger partial charge on any atom is 0.242 e. The average molecular weight is 1680 g/mol. The standard InChI is InChI=1S/2C32H18B2Br2I2/c2*35-25-15-6-14-24-31(25)33(21-11-1-7-19-9-3-17-27(37)29(19)21)23-13-5-16-26(36)32(23)34(24)22-12-2-8-20-10-4-18-28(38)30(20)22/h2*1-18H. The minimum atomic E-state index is 0.109. The van der Waals surface area contributed by atoms with Crippen molar-refractivity contribution in [2.75, 3.05) is 0 Å². The van der Waals surface area contributed by atoms with E-state index in [0.29, 0.717) is 0 Å². The van der Waals surface area contributed by atoms with E-state index >= 15 is 0 Å². The lowest BCUT2D eigenvalue weighted by molar-refractivity contribution is 1.67. The van der Waals surface area contributed by atoms with Crippen LogP contribution in [0.3, 0.4) is 0 Å². The molecule has 0 nitrogen and oxygen atoms in total. The summed E-state index contributed by atoms with van der Waals surface area (Å²) in [5.74, 6) is 0. The maximum absolute atomic E-state index is 4.02. The van der Waals surface area contributed by atoms with Gasteiger partial charge in [-0.25, -0.2) is 0 Å². The third-order valence-corrected chi connectivity index (χ3v) is 21.9. The minimum absolute atomic E-state index is 0.109. The zero-order valence-electron chi connectivity index (χ0n) is 40.1. The van der Waals surface area contributed by atoms with Crippen LogP contribution in [-0.4, -0.2) is 26.9 Å². The number of rotatable bonds is 4. The van der Waals surface area contributed by atoms with Crippen LogP contribution >= 0.6 is 154 Å². The highest BCUT2D eigenvalue weighted by molar-refractivity contribution is 14.1. The molecule has 0 bridgehead atoms. The van der Waals surface area contributed by atoms with Crippen LogP contribution < -0.4 is 65.6 Å². The monoisotopic (exact) mass is 1670 g/mol. The molecule has 0 saturated heterocycles. The third-order valence-electron chi connectivity index (χ3n) is 15.5. The second kappa shape index (κ2) is 21.7. The van der Waals surface area contributed by atoms with Gasteiger partial charge in [0.25, 0.3) is 0 Å². The third kappa shape index (κ3) is 8.90. The van der Waals surface area contributed by atoms with Gasteiger partial charge in [-0.15, -0.1) is 0 Å². The predicted octanol–water partition coefficient (Wildman–Crippen LogP) is 12.1. The molecule has 2 heterocycles. The number of benzene rings is 12. The molecule has 360 valence electrons. The van der Waals surface area contributed by atoms with Gasteiger partial charge in [0.1, 0.15) is 0 Å². The van der Waals surface area contributed by atoms with E-state index in [1.165, 1.54) is 123 Å². The van der Waals surface area contributed by atoms with Crippen LogP contribution in [0, 0.1) is 14.3 Å². The topological polar surface area (TPSA) is 0 Å². The van der Waals surface area contributed by atoms with Crippen molar-refractivity contribution >= 4 is 290 Å². The molecule has 12 aromatic carbocycles. The Hall–Kier alpha value is -3.22. The van der Waals surface area contributed by atoms with Crippen molar-refractivity contribution in [1.82, 2.24) is 0 Å². The Labute approximate surface area is 532 Å². The zero-order chi connectivity index (χ0) is 51.9. The fraction of sp³-hybridized carbons (Fsp3) is 0. The Morgan fingerprint density at radius 3 is 0.592 bits per heavy atom. The lowest BCUT2D eigenvalue weighted by Gasteiger charge is -2.34. The average Bonchev–Trinajstić information content (AvgIpc) is 3.44. The van der Waals surface area contributed by atoms with Gasteiger partial charge in [-0.1, -0.05) is 299 Å². The highest BCUT2D eigenvalue weighted by Crippen LogP contribution is 2.27. The summed E-state index contributed by atoms with van der Waals surface area (Å²) in [7, 11) is 0. The minimum Gasteiger partial charge on any atom is -0.0721 e. The quantitative estimate of drug-likeness (QED) is 0.122. The van der Waals surface area contributed by atoms with Gasteiger partial charge in [0.15, 0.2) is 0 Å². The molecule has 0 saturated carbocycles. The lowest BCUT2D eigenvalue weighted by Crippen LogP contribution is -2.75. The Kier molecular flexibility index (Phi) is 14.9. The first-order chi connectivity index (χ1) is 37.1. The van der Waals surface area contributed by atoms with E-state index in [9.17, 15) is 0 Å². The molecule has 0 amide bonds. The Bertz CT molecular complexity index is 3790. The molecular formula is C64H36B4Br4I4. The van der Waals surface area contributed by atoms with E-state index in [2.05, 4.69) is 372 Å². The van der Waals surface area contributed by atoms with E-state index in [-0.39, 0.29) is 26.9 Å². The Balaban J connectivity index is 0.000000146. The van der Waals surface area contributed by atoms with Crippen molar-refractivity contribution in [3.05, 3.63) is 251 Å². The van der Waals surface area contributed by atoms with Crippen molar-refractivity contribution in [2.45, 2.75) is 0 Å². The SMILES string of the molecule is Brc1cccc2c1B(c1cccc3cccc(I)c13)c1cccc(Br)c1B2c1cccc2cccc(I)c12.Brc1cccc2c1B(c1cccc3cccc(I)c13)c1cccc(Br)c1B2c1cccc2cccc(I)c12. The summed E-state index contributed by atoms with van der Waals surface area (Å²) in [6, 6.07) is 80.4. The predicted molar refractivity (Wildman–Crippen MR) is 382 cm³/mol. The lowest BCUT2D eigenvalue weighted by atomic mass is 9.20. The highest BCUT2D eigenvalue weighted by atomic mass is 127. The summed E-state index contributed by atoms with van der Waals surface area (Å²) in [4.78, 5) is 0. The van der Waals surface area contributed by atoms with E-state index in [0.717, 1.165) is 17.9 Å². The fourth-order valence-corrected chi connectivity index (χ4v) is 18.4. The van der Waals surface area contributed by atoms with Crippen LogP contribution in [0.2, 0.25) is 0 Å². The summed E-state index contributed by atoms with van der Waals surface area (Å²) in [6.45, 7) is 0.437. The van der Waals surface area contributed by atoms with Crippen LogP contribution in [0.15, 0.2) is 236 Å². The Morgan fingerprint density at radius 2 is 0.382 bits per heavy atom. The summed E-state index contributed by atoms with van der Waals surface area (Å²) >= 11 is 26.1. The molecule has 0 spiro atoms. The number of halogens is 8. The second-order valence-corrected chi connectivity index (χ2v) is 27.5. The van der Waals surface area contributed by atoms with Crippen LogP contribution in [0.25, 0.3) is 43.1 Å². The van der Waals surface area contributed by atoms with Crippen molar-refractivity contribution in [3.63, 3.8) is 0 Å². The Morgan fingerprint density at radius 1 is 0.211 bits per heavy atom. The van der Waals surface area contributed by atoms with E-state index < -0.39 is 0 Å². The van der Waals surface area contributed by atoms with E-state index in [1.807, 2.05) is 0 Å². The van der Waals surface area contributed by atoms with Gasteiger partial charge in [0.2, 0.25) is 26.9 Å². The molecule has 0 aliphatic carbocycles. The fourth-order valence-electron chi connectivity index (χ4n) is 12.6. The van der Waals surface area contributed by atoms with Crippen LogP contribution in [0.1, 0.15) is 0 Å². The summed E-state index contributed by atoms with van der Waals surface area (Å²) < 4.78 is 9.78. The molecule has 0 aromatic heterocycles. The number of fused-ring (bicyclic) bond motifs is 8. The molecule has 12 heteroatoms. The maximum atomic E-state index is 4.02. The number of hydrogen-bond donors (Lipinski definition) is 0. The molecule has 0 atom stereocenters. The number of hydrogen-bond acceptors (Lipinski definition) is 0. The van der Waals surface area contributed by atoms with Crippen molar-refractivity contribution in [3.8, 4) is 0 Å². The smallest absolute Gasteiger partial charge is 0.0721 e. The van der Waals surface area contributed by atoms with Crippen molar-refractivity contribution < 1.29 is 0 Å². The van der Waals surface area contributed by atoms with E-state index in [4.69, 9.17) is 0 Å². The first-order valence-electron chi connectivity index (χ1n) is 24.9. The molecule has 2 aliphatic heterocycles. The van der Waals surface area contributed by atoms with E-state index in [1.54, 1.807) is 0 Å². The van der Waals surface area contributed by atoms with Gasteiger partial charge in [-0.2, -0.15) is 0 Å². The van der Waals surface area contributed by atoms with Gasteiger partial charge in [0, 0.05) is 32.2 Å². The molecule has 0 fully saturated rings. The largest absolute Gasteiger partial charge is 0.242 e. The first-order valence-corrected chi connectivity index (χ1v) is 32.4. The summed E-state index contributed by atoms with van der Waals surface area (Å²) in [6.07, 6.45) is 0. The molecule has 0 radical (unpaired) electrons. The molecule has 12 aromatic rings. The van der Waals surface area contributed by atoms with Crippen LogP contribution in [0.4, 0.5) is 0 Å². The summed E-state index contributed by atoms with van der Waals surface area (Å²) in [5.41, 5.74) is 16.3. The van der Waals surface area contributed by atoms with Gasteiger partial charge < -0.3 is 0 Å². The first kappa shape index (κ1) is 52.2. The van der Waals surface area contributed by atoms with Crippen LogP contribution in [-0.2, 0) is 0 Å². The molecule has 0 unspecified atom stereocenters. The van der Waals surface area contributed by atoms with Gasteiger partial charge in [-0.3, -0.25) is 0 Å². The van der Waals surface area contributed by atoms with Gasteiger partial charge in [-0.05, 0) is 182 Å². The van der Waals surface area contributed by atoms with Crippen molar-refractivity contribution in [1.29, 1.82) is 0 Å². The van der Waals surface area contributed by atoms with Crippen LogP contribution in [0.5, 0.6) is 0 Å². The second-order valence-electron chi connectivity index (χ2n) is 19.4. The van der Waals surface area contributed by atoms with Gasteiger partial charge >= 0.3 is 0 Å². The zero-order valence-corrected chi connectivity index (χ0v) is 55.1. The molecule has 0 N–H and O–H groups in total. The summed E-state index contributed by atoms with van der Waals surface area (Å²) in [5, 5.41) is 10.5. The molecule has 2 aliphatic rings. The molecular weight excluding hydrogens is 1640 g/mol. The highest BCUT2D eigenvalue weighted by Gasteiger charge is 2.44. The van der Waals surface area contributed by atoms with Crippen molar-refractivity contribution in [2.24, 2.45) is 0 Å². The molecule has 76 heavy (non-hydrogen) atoms.